The van der Waals surface area contributed by atoms with Crippen LogP contribution in [-0.4, -0.2) is 87.5 Å². The van der Waals surface area contributed by atoms with Crippen LogP contribution in [0.25, 0.3) is 11.2 Å². The average molecular weight is 554 g/mol. The number of hydrogen-bond acceptors (Lipinski definition) is 12. The van der Waals surface area contributed by atoms with Crippen LogP contribution >= 0.6 is 26.6 Å². The van der Waals surface area contributed by atoms with E-state index in [9.17, 15) is 19.3 Å². The molecule has 1 saturated heterocycles. The summed E-state index contributed by atoms with van der Waals surface area (Å²) in [5.74, 6) is 0.0434. The van der Waals surface area contributed by atoms with Gasteiger partial charge in [-0.1, -0.05) is 12.8 Å². The summed E-state index contributed by atoms with van der Waals surface area (Å²) in [6.45, 7) is 0.927. The Bertz CT molecular complexity index is 1150. The van der Waals surface area contributed by atoms with Crippen molar-refractivity contribution in [2.45, 2.75) is 56.3 Å². The molecule has 0 bridgehead atoms. The molecule has 0 radical (unpaired) electrons. The van der Waals surface area contributed by atoms with E-state index in [4.69, 9.17) is 29.9 Å². The zero-order valence-corrected chi connectivity index (χ0v) is 22.2. The van der Waals surface area contributed by atoms with Gasteiger partial charge in [-0.25, -0.2) is 4.98 Å². The molecule has 0 spiro atoms. The summed E-state index contributed by atoms with van der Waals surface area (Å²) in [7, 11) is -4.61. The quantitative estimate of drug-likeness (QED) is 0.291. The molecule has 0 amide bonds. The molecule has 4 rings (SSSR count). The lowest BCUT2D eigenvalue weighted by molar-refractivity contribution is -0.0486. The van der Waals surface area contributed by atoms with Crippen LogP contribution in [0, 0.1) is 0 Å². The second-order valence-corrected chi connectivity index (χ2v) is 14.5. The van der Waals surface area contributed by atoms with Gasteiger partial charge in [0, 0.05) is 26.9 Å². The molecule has 2 aromatic rings. The Morgan fingerprint density at radius 2 is 1.91 bits per heavy atom. The fraction of sp³-hybridized carbons (Fsp3) is 0.737. The molecule has 35 heavy (non-hydrogen) atoms. The van der Waals surface area contributed by atoms with Crippen LogP contribution in [0.1, 0.15) is 31.9 Å². The number of nitrogens with zero attached hydrogens (tertiary/aromatic N) is 4. The second kappa shape index (κ2) is 10.7. The monoisotopic (exact) mass is 553 g/mol. The lowest BCUT2D eigenvalue weighted by Gasteiger charge is -2.22. The van der Waals surface area contributed by atoms with Crippen molar-refractivity contribution >= 4 is 43.5 Å². The first-order valence-electron chi connectivity index (χ1n) is 11.2. The number of halogens is 1. The molecule has 6 atom stereocenters. The highest BCUT2D eigenvalue weighted by Crippen LogP contribution is 2.61. The van der Waals surface area contributed by atoms with E-state index >= 15 is 0 Å². The fourth-order valence-electron chi connectivity index (χ4n) is 4.25. The lowest BCUT2D eigenvalue weighted by Crippen LogP contribution is -2.33. The first-order valence-corrected chi connectivity index (χ1v) is 15.5. The van der Waals surface area contributed by atoms with Crippen LogP contribution in [0.2, 0.25) is 5.28 Å². The minimum Gasteiger partial charge on any atom is -0.387 e. The highest BCUT2D eigenvalue weighted by Gasteiger charge is 2.46. The molecule has 2 aromatic heterocycles. The largest absolute Gasteiger partial charge is 0.387 e. The van der Waals surface area contributed by atoms with Gasteiger partial charge in [-0.3, -0.25) is 13.7 Å². The Morgan fingerprint density at radius 1 is 1.20 bits per heavy atom. The Balaban J connectivity index is 1.52. The number of nitrogens with one attached hydrogen (secondary N) is 1. The second-order valence-electron chi connectivity index (χ2n) is 8.76. The van der Waals surface area contributed by atoms with Gasteiger partial charge >= 0.3 is 7.60 Å². The number of fused-ring (bicyclic) bond motifs is 1. The lowest BCUT2D eigenvalue weighted by atomic mass is 10.1. The van der Waals surface area contributed by atoms with E-state index in [-0.39, 0.29) is 17.9 Å². The van der Waals surface area contributed by atoms with Crippen molar-refractivity contribution in [3.63, 3.8) is 0 Å². The summed E-state index contributed by atoms with van der Waals surface area (Å²) >= 11 is 6.17. The van der Waals surface area contributed by atoms with Gasteiger partial charge in [0.25, 0.3) is 0 Å². The van der Waals surface area contributed by atoms with Gasteiger partial charge in [-0.15, -0.1) is 0 Å². The van der Waals surface area contributed by atoms with Gasteiger partial charge in [0.15, 0.2) is 23.2 Å². The smallest absolute Gasteiger partial charge is 0.340 e. The summed E-state index contributed by atoms with van der Waals surface area (Å²) < 4.78 is 47.6. The molecular weight excluding hydrogens is 524 g/mol. The summed E-state index contributed by atoms with van der Waals surface area (Å²) in [4.78, 5) is 12.9. The summed E-state index contributed by atoms with van der Waals surface area (Å²) in [6, 6.07) is 0.263. The van der Waals surface area contributed by atoms with Gasteiger partial charge in [-0.05, 0) is 24.4 Å². The molecule has 2 unspecified atom stereocenters. The van der Waals surface area contributed by atoms with Crippen LogP contribution in [0.4, 0.5) is 5.82 Å². The maximum absolute atomic E-state index is 12.9. The first-order chi connectivity index (χ1) is 16.6. The maximum atomic E-state index is 12.9. The Hall–Kier alpha value is -1.14. The van der Waals surface area contributed by atoms with Crippen LogP contribution < -0.4 is 5.32 Å². The van der Waals surface area contributed by atoms with Crippen molar-refractivity contribution < 1.29 is 37.7 Å². The SMILES string of the molecule is COP(C)(=O)CP(=O)(OC)OC[C@H]1O[C@@H](n2cnc3c(NC4CCCC4)nc(Cl)nc32)[C@H](O)[C@@H]1O. The number of ether oxygens (including phenoxy) is 1. The van der Waals surface area contributed by atoms with Crippen molar-refractivity contribution in [2.24, 2.45) is 0 Å². The van der Waals surface area contributed by atoms with Gasteiger partial charge in [0.2, 0.25) is 12.7 Å². The minimum atomic E-state index is -3.81. The molecule has 1 aliphatic heterocycles. The molecule has 13 nitrogen and oxygen atoms in total. The summed E-state index contributed by atoms with van der Waals surface area (Å²) in [5.41, 5.74) is 0.770. The van der Waals surface area contributed by atoms with Crippen LogP contribution in [0.3, 0.4) is 0 Å². The van der Waals surface area contributed by atoms with E-state index in [0.717, 1.165) is 32.8 Å². The summed E-state index contributed by atoms with van der Waals surface area (Å²) in [5, 5.41) is 24.6. The third kappa shape index (κ3) is 5.89. The van der Waals surface area contributed by atoms with Gasteiger partial charge < -0.3 is 33.8 Å². The predicted octanol–water partition coefficient (Wildman–Crippen LogP) is 2.82. The number of anilines is 1. The van der Waals surface area contributed by atoms with E-state index in [0.29, 0.717) is 17.0 Å². The van der Waals surface area contributed by atoms with Crippen LogP contribution in [0.15, 0.2) is 6.33 Å². The third-order valence-electron chi connectivity index (χ3n) is 6.23. The molecular formula is C19H30ClN5O8P2. The highest BCUT2D eigenvalue weighted by molar-refractivity contribution is 7.73. The van der Waals surface area contributed by atoms with E-state index in [1.807, 2.05) is 0 Å². The van der Waals surface area contributed by atoms with Gasteiger partial charge in [0.1, 0.15) is 24.2 Å². The normalized spacial score (nSPS) is 28.9. The zero-order chi connectivity index (χ0) is 25.4. The van der Waals surface area contributed by atoms with E-state index in [1.54, 1.807) is 0 Å². The van der Waals surface area contributed by atoms with Crippen molar-refractivity contribution in [3.05, 3.63) is 11.6 Å². The predicted molar refractivity (Wildman–Crippen MR) is 128 cm³/mol. The van der Waals surface area contributed by atoms with Crippen LogP contribution in [-0.2, 0) is 27.4 Å². The number of aromatic nitrogens is 4. The minimum absolute atomic E-state index is 0.00385. The zero-order valence-electron chi connectivity index (χ0n) is 19.6. The topological polar surface area (TPSA) is 167 Å². The number of hydrogen-bond donors (Lipinski definition) is 3. The molecule has 2 aliphatic rings. The average Bonchev–Trinajstić information content (AvgIpc) is 3.53. The molecule has 2 fully saturated rings. The molecule has 3 heterocycles. The van der Waals surface area contributed by atoms with Crippen molar-refractivity contribution in [2.75, 3.05) is 38.7 Å². The first kappa shape index (κ1) is 26.9. The standard InChI is InChI=1S/C19H30ClN5O8P2/c1-30-34(3,28)10-35(29,31-2)32-8-12-14(26)15(27)18(33-12)25-9-21-13-16(22-11-6-4-5-7-11)23-19(20)24-17(13)25/h9,11-12,14-15,18,26-27H,4-8,10H2,1-3H3,(H,22,23,24)/t12-,14-,15-,18-,34?,35?/m1/s1. The number of aliphatic hydroxyl groups is 2. The summed E-state index contributed by atoms with van der Waals surface area (Å²) in [6.07, 6.45) is 0.826. The highest BCUT2D eigenvalue weighted by atomic mass is 35.5. The molecule has 1 aliphatic carbocycles. The van der Waals surface area contributed by atoms with E-state index in [2.05, 4.69) is 20.3 Å². The molecule has 1 saturated carbocycles. The molecule has 0 aromatic carbocycles. The Labute approximate surface area is 207 Å². The fourth-order valence-corrected chi connectivity index (χ4v) is 8.66. The van der Waals surface area contributed by atoms with Crippen LogP contribution in [0.5, 0.6) is 0 Å². The maximum Gasteiger partial charge on any atom is 0.340 e. The van der Waals surface area contributed by atoms with Gasteiger partial charge in [0.05, 0.1) is 12.9 Å². The Kier molecular flexibility index (Phi) is 8.22. The van der Waals surface area contributed by atoms with E-state index in [1.165, 1.54) is 24.7 Å². The van der Waals surface area contributed by atoms with Crippen molar-refractivity contribution in [3.8, 4) is 0 Å². The molecule has 3 N–H and O–H groups in total. The van der Waals surface area contributed by atoms with E-state index < -0.39 is 45.4 Å². The third-order valence-corrected chi connectivity index (χ3v) is 11.7. The number of imidazole rings is 1. The molecule has 196 valence electrons. The number of aliphatic hydroxyl groups excluding tert-OH is 2. The molecule has 16 heteroatoms. The van der Waals surface area contributed by atoms with Crippen molar-refractivity contribution in [1.82, 2.24) is 19.5 Å². The number of rotatable bonds is 10. The van der Waals surface area contributed by atoms with Gasteiger partial charge in [-0.2, -0.15) is 9.97 Å². The Morgan fingerprint density at radius 3 is 2.57 bits per heavy atom. The van der Waals surface area contributed by atoms with Crippen molar-refractivity contribution in [1.29, 1.82) is 0 Å².